The first-order valence-corrected chi connectivity index (χ1v) is 14.4. The van der Waals surface area contributed by atoms with E-state index in [1.807, 2.05) is 4.90 Å². The Balaban J connectivity index is 1.03. The molecule has 2 aromatic carbocycles. The van der Waals surface area contributed by atoms with Crippen LogP contribution in [0.25, 0.3) is 0 Å². The molecule has 0 bridgehead atoms. The molecule has 0 radical (unpaired) electrons. The highest BCUT2D eigenvalue weighted by Gasteiger charge is 2.26. The highest BCUT2D eigenvalue weighted by atomic mass is 35.5. The summed E-state index contributed by atoms with van der Waals surface area (Å²) in [5.74, 6) is 1.18. The van der Waals surface area contributed by atoms with Crippen LogP contribution in [0.5, 0.6) is 5.75 Å². The van der Waals surface area contributed by atoms with Crippen molar-refractivity contribution in [2.24, 2.45) is 0 Å². The Bertz CT molecular complexity index is 1240. The minimum absolute atomic E-state index is 0.0712. The molecule has 214 valence electrons. The summed E-state index contributed by atoms with van der Waals surface area (Å²) in [6.07, 6.45) is 1.91. The Morgan fingerprint density at radius 1 is 1.00 bits per heavy atom. The molecule has 3 heterocycles. The van der Waals surface area contributed by atoms with E-state index in [0.717, 1.165) is 45.7 Å². The van der Waals surface area contributed by atoms with Gasteiger partial charge in [0.1, 0.15) is 24.7 Å². The summed E-state index contributed by atoms with van der Waals surface area (Å²) < 4.78 is 11.3. The SMILES string of the molecule is CCc1ccccc1N1CCN(C(=O)c2coc(CN3CCN(CC(O)COc4ccc(Cl)cc4)CC3)n2)CC1. The molecule has 1 amide bonds. The largest absolute Gasteiger partial charge is 0.491 e. The van der Waals surface area contributed by atoms with E-state index in [4.69, 9.17) is 20.8 Å². The number of ether oxygens (including phenoxy) is 1. The number of aryl methyl sites for hydroxylation is 1. The first kappa shape index (κ1) is 28.4. The molecule has 2 fully saturated rings. The Kier molecular flexibility index (Phi) is 9.59. The number of carbonyl (C=O) groups is 1. The van der Waals surface area contributed by atoms with Crippen molar-refractivity contribution in [2.75, 3.05) is 70.4 Å². The number of aromatic nitrogens is 1. The van der Waals surface area contributed by atoms with E-state index in [9.17, 15) is 9.90 Å². The number of benzene rings is 2. The monoisotopic (exact) mass is 567 g/mol. The summed E-state index contributed by atoms with van der Waals surface area (Å²) in [4.78, 5) is 26.3. The molecule has 10 heteroatoms. The zero-order chi connectivity index (χ0) is 27.9. The molecule has 2 saturated heterocycles. The van der Waals surface area contributed by atoms with Crippen LogP contribution in [0.3, 0.4) is 0 Å². The standard InChI is InChI=1S/C30H38ClN5O4/c1-2-23-5-3-4-6-28(23)35-15-17-36(18-16-35)30(38)27-22-40-29(32-27)20-34-13-11-33(12-14-34)19-25(37)21-39-26-9-7-24(31)8-10-26/h3-10,22,25,37H,2,11-21H2,1H3. The number of nitrogens with zero attached hydrogens (tertiary/aromatic N) is 5. The van der Waals surface area contributed by atoms with Gasteiger partial charge >= 0.3 is 0 Å². The minimum atomic E-state index is -0.578. The van der Waals surface area contributed by atoms with E-state index in [1.54, 1.807) is 24.3 Å². The van der Waals surface area contributed by atoms with Gasteiger partial charge in [0.05, 0.1) is 6.54 Å². The Hall–Kier alpha value is -3.11. The Morgan fingerprint density at radius 2 is 1.70 bits per heavy atom. The molecule has 5 rings (SSSR count). The van der Waals surface area contributed by atoms with Gasteiger partial charge in [-0.05, 0) is 42.3 Å². The quantitative estimate of drug-likeness (QED) is 0.399. The van der Waals surface area contributed by atoms with Crippen molar-refractivity contribution < 1.29 is 19.1 Å². The van der Waals surface area contributed by atoms with Gasteiger partial charge in [0, 0.05) is 69.6 Å². The van der Waals surface area contributed by atoms with Crippen LogP contribution in [0, 0.1) is 0 Å². The number of piperazine rings is 2. The maximum absolute atomic E-state index is 13.1. The maximum atomic E-state index is 13.1. The number of hydrogen-bond acceptors (Lipinski definition) is 8. The van der Waals surface area contributed by atoms with Crippen LogP contribution in [0.1, 0.15) is 28.9 Å². The number of halogens is 1. The van der Waals surface area contributed by atoms with Gasteiger partial charge in [-0.3, -0.25) is 14.6 Å². The second-order valence-corrected chi connectivity index (χ2v) is 10.8. The lowest BCUT2D eigenvalue weighted by Crippen LogP contribution is -2.49. The lowest BCUT2D eigenvalue weighted by molar-refractivity contribution is 0.0430. The smallest absolute Gasteiger partial charge is 0.275 e. The van der Waals surface area contributed by atoms with Gasteiger partial charge in [0.25, 0.3) is 5.91 Å². The van der Waals surface area contributed by atoms with Gasteiger partial charge in [0.2, 0.25) is 5.89 Å². The molecule has 0 aliphatic carbocycles. The Labute approximate surface area is 240 Å². The lowest BCUT2D eigenvalue weighted by atomic mass is 10.1. The van der Waals surface area contributed by atoms with Gasteiger partial charge in [-0.25, -0.2) is 4.98 Å². The van der Waals surface area contributed by atoms with Gasteiger partial charge in [0.15, 0.2) is 5.69 Å². The molecule has 0 spiro atoms. The highest BCUT2D eigenvalue weighted by molar-refractivity contribution is 6.30. The molecule has 9 nitrogen and oxygen atoms in total. The molecule has 2 aliphatic heterocycles. The van der Waals surface area contributed by atoms with Crippen molar-refractivity contribution in [1.29, 1.82) is 0 Å². The third-order valence-electron chi connectivity index (χ3n) is 7.60. The Morgan fingerprint density at radius 3 is 2.42 bits per heavy atom. The second-order valence-electron chi connectivity index (χ2n) is 10.4. The summed E-state index contributed by atoms with van der Waals surface area (Å²) in [5, 5.41) is 11.1. The number of hydrogen-bond donors (Lipinski definition) is 1. The topological polar surface area (TPSA) is 85.5 Å². The van der Waals surface area contributed by atoms with E-state index in [-0.39, 0.29) is 12.5 Å². The summed E-state index contributed by atoms with van der Waals surface area (Å²) in [6, 6.07) is 15.6. The molecular formula is C30H38ClN5O4. The summed E-state index contributed by atoms with van der Waals surface area (Å²) >= 11 is 5.90. The molecule has 1 atom stereocenters. The summed E-state index contributed by atoms with van der Waals surface area (Å²) in [5.41, 5.74) is 2.98. The lowest BCUT2D eigenvalue weighted by Gasteiger charge is -2.36. The van der Waals surface area contributed by atoms with E-state index < -0.39 is 6.10 Å². The number of aliphatic hydroxyl groups is 1. The fourth-order valence-corrected chi connectivity index (χ4v) is 5.43. The molecule has 0 saturated carbocycles. The normalized spacial score (nSPS) is 17.7. The van der Waals surface area contributed by atoms with E-state index in [2.05, 4.69) is 50.9 Å². The third kappa shape index (κ3) is 7.34. The molecule has 3 aromatic rings. The van der Waals surface area contributed by atoms with E-state index in [0.29, 0.717) is 48.5 Å². The summed E-state index contributed by atoms with van der Waals surface area (Å²) in [6.45, 7) is 9.78. The molecule has 1 N–H and O–H groups in total. The van der Waals surface area contributed by atoms with Crippen molar-refractivity contribution in [3.63, 3.8) is 0 Å². The molecule has 40 heavy (non-hydrogen) atoms. The molecule has 1 aromatic heterocycles. The van der Waals surface area contributed by atoms with Crippen LogP contribution >= 0.6 is 11.6 Å². The maximum Gasteiger partial charge on any atom is 0.275 e. The predicted octanol–water partition coefficient (Wildman–Crippen LogP) is 3.41. The fourth-order valence-electron chi connectivity index (χ4n) is 5.31. The molecular weight excluding hydrogens is 530 g/mol. The number of amides is 1. The zero-order valence-corrected chi connectivity index (χ0v) is 23.8. The van der Waals surface area contributed by atoms with Crippen LogP contribution < -0.4 is 9.64 Å². The number of para-hydroxylation sites is 1. The van der Waals surface area contributed by atoms with Crippen LogP contribution in [-0.4, -0.2) is 102 Å². The van der Waals surface area contributed by atoms with Gasteiger partial charge in [-0.15, -0.1) is 0 Å². The van der Waals surface area contributed by atoms with E-state index in [1.165, 1.54) is 17.5 Å². The number of aliphatic hydroxyl groups excluding tert-OH is 1. The first-order valence-electron chi connectivity index (χ1n) is 14.1. The van der Waals surface area contributed by atoms with Crippen LogP contribution in [-0.2, 0) is 13.0 Å². The third-order valence-corrected chi connectivity index (χ3v) is 7.85. The van der Waals surface area contributed by atoms with Crippen molar-refractivity contribution in [3.8, 4) is 5.75 Å². The zero-order valence-electron chi connectivity index (χ0n) is 23.0. The van der Waals surface area contributed by atoms with Crippen molar-refractivity contribution in [2.45, 2.75) is 26.0 Å². The van der Waals surface area contributed by atoms with Crippen molar-refractivity contribution >= 4 is 23.2 Å². The van der Waals surface area contributed by atoms with Gasteiger partial charge in [-0.2, -0.15) is 0 Å². The molecule has 1 unspecified atom stereocenters. The number of anilines is 1. The van der Waals surface area contributed by atoms with Crippen LogP contribution in [0.2, 0.25) is 5.02 Å². The fraction of sp³-hybridized carbons (Fsp3) is 0.467. The predicted molar refractivity (Wildman–Crippen MR) is 155 cm³/mol. The van der Waals surface area contributed by atoms with Gasteiger partial charge < -0.3 is 24.1 Å². The number of carbonyl (C=O) groups excluding carboxylic acids is 1. The van der Waals surface area contributed by atoms with Crippen LogP contribution in [0.15, 0.2) is 59.2 Å². The van der Waals surface area contributed by atoms with Crippen molar-refractivity contribution in [1.82, 2.24) is 19.7 Å². The van der Waals surface area contributed by atoms with E-state index >= 15 is 0 Å². The van der Waals surface area contributed by atoms with Crippen LogP contribution in [0.4, 0.5) is 5.69 Å². The van der Waals surface area contributed by atoms with Gasteiger partial charge in [-0.1, -0.05) is 36.7 Å². The first-order chi connectivity index (χ1) is 19.5. The number of rotatable bonds is 10. The average molecular weight is 568 g/mol. The average Bonchev–Trinajstić information content (AvgIpc) is 3.46. The molecule has 2 aliphatic rings. The number of oxazole rings is 1. The summed E-state index contributed by atoms with van der Waals surface area (Å²) in [7, 11) is 0. The van der Waals surface area contributed by atoms with Crippen molar-refractivity contribution in [3.05, 3.63) is 77.0 Å². The number of β-amino-alcohol motifs (C(OH)–C–C–N with tert-alkyl or cyclic N) is 1. The second kappa shape index (κ2) is 13.5. The highest BCUT2D eigenvalue weighted by Crippen LogP contribution is 2.23. The minimum Gasteiger partial charge on any atom is -0.491 e.